The molecule has 0 spiro atoms. The number of aryl methyl sites for hydroxylation is 1. The van der Waals surface area contributed by atoms with Crippen molar-refractivity contribution < 1.29 is 0 Å². The van der Waals surface area contributed by atoms with E-state index in [0.29, 0.717) is 10.4 Å². The van der Waals surface area contributed by atoms with Crippen molar-refractivity contribution in [1.29, 1.82) is 0 Å². The summed E-state index contributed by atoms with van der Waals surface area (Å²) in [5.74, 6) is 0. The van der Waals surface area contributed by atoms with E-state index in [2.05, 4.69) is 15.3 Å². The van der Waals surface area contributed by atoms with Gasteiger partial charge in [-0.1, -0.05) is 23.4 Å². The number of hydrogen-bond acceptors (Lipinski definition) is 4. The third-order valence-corrected chi connectivity index (χ3v) is 3.70. The van der Waals surface area contributed by atoms with E-state index in [1.165, 1.54) is 6.42 Å². The molecular formula is C9H13Cl2N3S. The van der Waals surface area contributed by atoms with E-state index in [0.717, 1.165) is 23.8 Å². The Labute approximate surface area is 105 Å². The predicted octanol–water partition coefficient (Wildman–Crippen LogP) is 2.31. The van der Waals surface area contributed by atoms with Crippen molar-refractivity contribution in [3.8, 4) is 0 Å². The fourth-order valence-electron chi connectivity index (χ4n) is 1.34. The Morgan fingerprint density at radius 1 is 1.60 bits per heavy atom. The standard InChI is InChI=1S/C9H12ClN3S.ClH/c1-6-4-12-9(13-8(6)10)14-7-2-3-11-5-7;/h4,7,11H,2-3,5H2,1H3;1H/t7-;/m1./s1. The monoisotopic (exact) mass is 265 g/mol. The summed E-state index contributed by atoms with van der Waals surface area (Å²) in [7, 11) is 0. The summed E-state index contributed by atoms with van der Waals surface area (Å²) in [5, 5.41) is 5.25. The summed E-state index contributed by atoms with van der Waals surface area (Å²) in [5.41, 5.74) is 0.931. The molecule has 1 atom stereocenters. The minimum atomic E-state index is 0. The molecular weight excluding hydrogens is 253 g/mol. The average Bonchev–Trinajstić information content (AvgIpc) is 2.64. The van der Waals surface area contributed by atoms with Crippen LogP contribution < -0.4 is 5.32 Å². The molecule has 0 aliphatic carbocycles. The number of halogens is 2. The molecule has 2 heterocycles. The average molecular weight is 266 g/mol. The SMILES string of the molecule is Cc1cnc(S[C@@H]2CCNC2)nc1Cl.Cl. The van der Waals surface area contributed by atoms with Crippen LogP contribution in [0.25, 0.3) is 0 Å². The topological polar surface area (TPSA) is 37.8 Å². The van der Waals surface area contributed by atoms with Crippen molar-refractivity contribution in [3.63, 3.8) is 0 Å². The lowest BCUT2D eigenvalue weighted by molar-refractivity contribution is 0.857. The second-order valence-corrected chi connectivity index (χ2v) is 4.98. The van der Waals surface area contributed by atoms with E-state index < -0.39 is 0 Å². The van der Waals surface area contributed by atoms with E-state index in [4.69, 9.17) is 11.6 Å². The number of hydrogen-bond donors (Lipinski definition) is 1. The zero-order valence-electron chi connectivity index (χ0n) is 8.36. The molecule has 2 rings (SSSR count). The van der Waals surface area contributed by atoms with Crippen molar-refractivity contribution in [1.82, 2.24) is 15.3 Å². The largest absolute Gasteiger partial charge is 0.316 e. The van der Waals surface area contributed by atoms with Gasteiger partial charge in [0.1, 0.15) is 5.15 Å². The molecule has 1 N–H and O–H groups in total. The van der Waals surface area contributed by atoms with Crippen LogP contribution >= 0.6 is 35.8 Å². The Kier molecular flexibility index (Phi) is 5.12. The van der Waals surface area contributed by atoms with Crippen LogP contribution in [0.2, 0.25) is 5.15 Å². The van der Waals surface area contributed by atoms with Gasteiger partial charge < -0.3 is 5.32 Å². The second-order valence-electron chi connectivity index (χ2n) is 3.36. The number of aromatic nitrogens is 2. The first kappa shape index (κ1) is 13.0. The molecule has 6 heteroatoms. The van der Waals surface area contributed by atoms with Gasteiger partial charge >= 0.3 is 0 Å². The zero-order chi connectivity index (χ0) is 9.97. The van der Waals surface area contributed by atoms with Gasteiger partial charge in [-0.15, -0.1) is 12.4 Å². The van der Waals surface area contributed by atoms with Crippen LogP contribution in [0.5, 0.6) is 0 Å². The highest BCUT2D eigenvalue weighted by Crippen LogP contribution is 2.25. The first-order valence-corrected chi connectivity index (χ1v) is 5.88. The van der Waals surface area contributed by atoms with Crippen LogP contribution in [0.1, 0.15) is 12.0 Å². The van der Waals surface area contributed by atoms with Crippen LogP contribution in [-0.2, 0) is 0 Å². The van der Waals surface area contributed by atoms with Gasteiger partial charge in [-0.25, -0.2) is 9.97 Å². The van der Waals surface area contributed by atoms with E-state index >= 15 is 0 Å². The molecule has 1 aromatic rings. The van der Waals surface area contributed by atoms with Gasteiger partial charge in [0, 0.05) is 23.6 Å². The third-order valence-electron chi connectivity index (χ3n) is 2.18. The first-order chi connectivity index (χ1) is 6.75. The molecule has 1 saturated heterocycles. The van der Waals surface area contributed by atoms with E-state index in [9.17, 15) is 0 Å². The van der Waals surface area contributed by atoms with Gasteiger partial charge in [0.15, 0.2) is 5.16 Å². The number of nitrogens with zero attached hydrogens (tertiary/aromatic N) is 2. The molecule has 1 aliphatic heterocycles. The molecule has 1 fully saturated rings. The van der Waals surface area contributed by atoms with Gasteiger partial charge in [-0.2, -0.15) is 0 Å². The lowest BCUT2D eigenvalue weighted by Gasteiger charge is -2.06. The highest BCUT2D eigenvalue weighted by atomic mass is 35.5. The Balaban J connectivity index is 0.00000112. The summed E-state index contributed by atoms with van der Waals surface area (Å²) in [4.78, 5) is 8.47. The summed E-state index contributed by atoms with van der Waals surface area (Å²) in [6, 6.07) is 0. The van der Waals surface area contributed by atoms with Crippen LogP contribution in [-0.4, -0.2) is 28.3 Å². The van der Waals surface area contributed by atoms with Crippen LogP contribution in [0.4, 0.5) is 0 Å². The van der Waals surface area contributed by atoms with Crippen molar-refractivity contribution in [2.75, 3.05) is 13.1 Å². The normalized spacial score (nSPS) is 20.0. The molecule has 0 unspecified atom stereocenters. The smallest absolute Gasteiger partial charge is 0.189 e. The lowest BCUT2D eigenvalue weighted by atomic mass is 10.4. The fraction of sp³-hybridized carbons (Fsp3) is 0.556. The summed E-state index contributed by atoms with van der Waals surface area (Å²) in [6.07, 6.45) is 2.96. The summed E-state index contributed by atoms with van der Waals surface area (Å²) in [6.45, 7) is 4.05. The number of nitrogens with one attached hydrogen (secondary N) is 1. The highest BCUT2D eigenvalue weighted by Gasteiger charge is 2.17. The molecule has 15 heavy (non-hydrogen) atoms. The molecule has 0 amide bonds. The molecule has 3 nitrogen and oxygen atoms in total. The minimum absolute atomic E-state index is 0. The van der Waals surface area contributed by atoms with Gasteiger partial charge in [-0.3, -0.25) is 0 Å². The molecule has 1 aliphatic rings. The van der Waals surface area contributed by atoms with Crippen molar-refractivity contribution in [3.05, 3.63) is 16.9 Å². The number of thioether (sulfide) groups is 1. The molecule has 0 radical (unpaired) electrons. The third kappa shape index (κ3) is 3.48. The van der Waals surface area contributed by atoms with Crippen LogP contribution in [0, 0.1) is 6.92 Å². The second kappa shape index (κ2) is 5.89. The lowest BCUT2D eigenvalue weighted by Crippen LogP contribution is -2.10. The molecule has 1 aromatic heterocycles. The van der Waals surface area contributed by atoms with Crippen LogP contribution in [0.15, 0.2) is 11.4 Å². The van der Waals surface area contributed by atoms with Crippen molar-refractivity contribution in [2.24, 2.45) is 0 Å². The number of rotatable bonds is 2. The molecule has 0 saturated carbocycles. The maximum Gasteiger partial charge on any atom is 0.189 e. The van der Waals surface area contributed by atoms with E-state index in [1.807, 2.05) is 6.92 Å². The minimum Gasteiger partial charge on any atom is -0.316 e. The summed E-state index contributed by atoms with van der Waals surface area (Å²) >= 11 is 7.62. The first-order valence-electron chi connectivity index (χ1n) is 4.62. The van der Waals surface area contributed by atoms with Crippen molar-refractivity contribution >= 4 is 35.8 Å². The maximum atomic E-state index is 5.92. The Morgan fingerprint density at radius 3 is 3.00 bits per heavy atom. The fourth-order valence-corrected chi connectivity index (χ4v) is 2.51. The molecule has 84 valence electrons. The van der Waals surface area contributed by atoms with Gasteiger partial charge in [0.05, 0.1) is 0 Å². The Morgan fingerprint density at radius 2 is 2.40 bits per heavy atom. The van der Waals surface area contributed by atoms with E-state index in [1.54, 1.807) is 18.0 Å². The quantitative estimate of drug-likeness (QED) is 0.658. The molecule has 0 bridgehead atoms. The maximum absolute atomic E-state index is 5.92. The van der Waals surface area contributed by atoms with E-state index in [-0.39, 0.29) is 12.4 Å². The highest BCUT2D eigenvalue weighted by molar-refractivity contribution is 7.99. The Bertz CT molecular complexity index is 329. The zero-order valence-corrected chi connectivity index (χ0v) is 10.8. The summed E-state index contributed by atoms with van der Waals surface area (Å²) < 4.78 is 0. The van der Waals surface area contributed by atoms with Gasteiger partial charge in [0.25, 0.3) is 0 Å². The molecule has 0 aromatic carbocycles. The van der Waals surface area contributed by atoms with Gasteiger partial charge in [0.2, 0.25) is 0 Å². The van der Waals surface area contributed by atoms with Gasteiger partial charge in [-0.05, 0) is 19.9 Å². The van der Waals surface area contributed by atoms with Crippen LogP contribution in [0.3, 0.4) is 0 Å². The predicted molar refractivity (Wildman–Crippen MR) is 66.2 cm³/mol. The Hall–Kier alpha value is -0.0300. The van der Waals surface area contributed by atoms with Crippen molar-refractivity contribution in [2.45, 2.75) is 23.8 Å².